The summed E-state index contributed by atoms with van der Waals surface area (Å²) in [5.74, 6) is 0.998. The summed E-state index contributed by atoms with van der Waals surface area (Å²) in [6.45, 7) is 13.2. The standard InChI is InChI=1S/C20H28N2/c1-13(2)17-10-8-11-18(14(3)4)20(17)22-16(6)19-12-7-9-15(5)21-19/h7-14,16,22H,1-6H3. The Morgan fingerprint density at radius 2 is 1.36 bits per heavy atom. The van der Waals surface area contributed by atoms with Crippen LogP contribution in [0.1, 0.15) is 75.0 Å². The third-order valence-corrected chi connectivity index (χ3v) is 4.09. The zero-order valence-electron chi connectivity index (χ0n) is 14.6. The van der Waals surface area contributed by atoms with E-state index in [-0.39, 0.29) is 6.04 Å². The van der Waals surface area contributed by atoms with Gasteiger partial charge in [0.1, 0.15) is 0 Å². The first kappa shape index (κ1) is 16.5. The topological polar surface area (TPSA) is 24.9 Å². The van der Waals surface area contributed by atoms with Gasteiger partial charge < -0.3 is 5.32 Å². The van der Waals surface area contributed by atoms with Gasteiger partial charge in [-0.2, -0.15) is 0 Å². The van der Waals surface area contributed by atoms with E-state index in [2.05, 4.69) is 75.3 Å². The molecule has 0 saturated heterocycles. The van der Waals surface area contributed by atoms with Crippen molar-refractivity contribution in [1.82, 2.24) is 4.98 Å². The molecule has 1 aromatic heterocycles. The van der Waals surface area contributed by atoms with Crippen LogP contribution in [-0.4, -0.2) is 4.98 Å². The molecule has 0 amide bonds. The molecule has 22 heavy (non-hydrogen) atoms. The summed E-state index contributed by atoms with van der Waals surface area (Å²) < 4.78 is 0. The van der Waals surface area contributed by atoms with Crippen molar-refractivity contribution in [3.05, 3.63) is 58.9 Å². The zero-order valence-corrected chi connectivity index (χ0v) is 14.6. The molecule has 2 rings (SSSR count). The van der Waals surface area contributed by atoms with Crippen molar-refractivity contribution >= 4 is 5.69 Å². The smallest absolute Gasteiger partial charge is 0.0657 e. The van der Waals surface area contributed by atoms with Crippen molar-refractivity contribution in [3.63, 3.8) is 0 Å². The third-order valence-electron chi connectivity index (χ3n) is 4.09. The van der Waals surface area contributed by atoms with Crippen LogP contribution in [0.15, 0.2) is 36.4 Å². The van der Waals surface area contributed by atoms with Gasteiger partial charge in [-0.1, -0.05) is 52.0 Å². The van der Waals surface area contributed by atoms with E-state index in [0.29, 0.717) is 11.8 Å². The number of hydrogen-bond acceptors (Lipinski definition) is 2. The highest BCUT2D eigenvalue weighted by molar-refractivity contribution is 5.61. The number of nitrogens with one attached hydrogen (secondary N) is 1. The molecule has 1 atom stereocenters. The molecule has 0 aliphatic carbocycles. The quantitative estimate of drug-likeness (QED) is 0.753. The van der Waals surface area contributed by atoms with Gasteiger partial charge in [0, 0.05) is 11.4 Å². The predicted octanol–water partition coefficient (Wildman–Crippen LogP) is 5.81. The lowest BCUT2D eigenvalue weighted by Crippen LogP contribution is -2.13. The fourth-order valence-corrected chi connectivity index (χ4v) is 2.81. The minimum Gasteiger partial charge on any atom is -0.376 e. The van der Waals surface area contributed by atoms with Crippen LogP contribution in [0, 0.1) is 6.92 Å². The Kier molecular flexibility index (Phi) is 5.23. The Bertz CT molecular complexity index is 603. The minimum absolute atomic E-state index is 0.192. The van der Waals surface area contributed by atoms with Crippen LogP contribution in [0.25, 0.3) is 0 Å². The maximum Gasteiger partial charge on any atom is 0.0657 e. The van der Waals surface area contributed by atoms with Crippen LogP contribution in [-0.2, 0) is 0 Å². The molecule has 0 aliphatic rings. The number of hydrogen-bond donors (Lipinski definition) is 1. The van der Waals surface area contributed by atoms with E-state index >= 15 is 0 Å². The summed E-state index contributed by atoms with van der Waals surface area (Å²) in [5.41, 5.74) is 6.19. The number of rotatable bonds is 5. The molecular weight excluding hydrogens is 268 g/mol. The van der Waals surface area contributed by atoms with Gasteiger partial charge in [-0.25, -0.2) is 0 Å². The normalized spacial score (nSPS) is 12.7. The van der Waals surface area contributed by atoms with Gasteiger partial charge in [0.25, 0.3) is 0 Å². The van der Waals surface area contributed by atoms with E-state index in [1.807, 2.05) is 13.0 Å². The van der Waals surface area contributed by atoms with Crippen LogP contribution in [0.2, 0.25) is 0 Å². The molecule has 2 nitrogen and oxygen atoms in total. The Balaban J connectivity index is 2.39. The van der Waals surface area contributed by atoms with Crippen LogP contribution in [0.3, 0.4) is 0 Å². The molecular formula is C20H28N2. The van der Waals surface area contributed by atoms with Gasteiger partial charge in [0.15, 0.2) is 0 Å². The molecule has 1 N–H and O–H groups in total. The van der Waals surface area contributed by atoms with Gasteiger partial charge >= 0.3 is 0 Å². The van der Waals surface area contributed by atoms with Gasteiger partial charge in [-0.3, -0.25) is 4.98 Å². The lowest BCUT2D eigenvalue weighted by atomic mass is 9.92. The highest BCUT2D eigenvalue weighted by Crippen LogP contribution is 2.34. The molecule has 0 radical (unpaired) electrons. The summed E-state index contributed by atoms with van der Waals surface area (Å²) in [7, 11) is 0. The second-order valence-electron chi connectivity index (χ2n) is 6.69. The lowest BCUT2D eigenvalue weighted by Gasteiger charge is -2.24. The third kappa shape index (κ3) is 3.68. The van der Waals surface area contributed by atoms with E-state index < -0.39 is 0 Å². The molecule has 118 valence electrons. The number of aromatic nitrogens is 1. The Morgan fingerprint density at radius 3 is 1.86 bits per heavy atom. The van der Waals surface area contributed by atoms with E-state index in [4.69, 9.17) is 0 Å². The maximum absolute atomic E-state index is 4.66. The first-order valence-corrected chi connectivity index (χ1v) is 8.23. The number of para-hydroxylation sites is 1. The summed E-state index contributed by atoms with van der Waals surface area (Å²) in [6, 6.07) is 13.0. The summed E-state index contributed by atoms with van der Waals surface area (Å²) >= 11 is 0. The fourth-order valence-electron chi connectivity index (χ4n) is 2.81. The second kappa shape index (κ2) is 6.95. The Hall–Kier alpha value is -1.83. The number of pyridine rings is 1. The molecule has 0 spiro atoms. The fraction of sp³-hybridized carbons (Fsp3) is 0.450. The second-order valence-corrected chi connectivity index (χ2v) is 6.69. The van der Waals surface area contributed by atoms with Crippen molar-refractivity contribution in [2.24, 2.45) is 0 Å². The van der Waals surface area contributed by atoms with Crippen LogP contribution in [0.5, 0.6) is 0 Å². The lowest BCUT2D eigenvalue weighted by molar-refractivity contribution is 0.793. The Labute approximate surface area is 135 Å². The molecule has 2 aromatic rings. The van der Waals surface area contributed by atoms with E-state index in [0.717, 1.165) is 11.4 Å². The van der Waals surface area contributed by atoms with E-state index in [1.54, 1.807) is 0 Å². The van der Waals surface area contributed by atoms with Crippen molar-refractivity contribution in [2.45, 2.75) is 59.4 Å². The number of benzene rings is 1. The molecule has 0 fully saturated rings. The SMILES string of the molecule is Cc1cccc(C(C)Nc2c(C(C)C)cccc2C(C)C)n1. The van der Waals surface area contributed by atoms with Crippen LogP contribution in [0.4, 0.5) is 5.69 Å². The van der Waals surface area contributed by atoms with Crippen LogP contribution >= 0.6 is 0 Å². The molecule has 0 saturated carbocycles. The first-order valence-electron chi connectivity index (χ1n) is 8.23. The molecule has 1 heterocycles. The zero-order chi connectivity index (χ0) is 16.3. The van der Waals surface area contributed by atoms with Crippen molar-refractivity contribution in [2.75, 3.05) is 5.32 Å². The molecule has 0 aliphatic heterocycles. The van der Waals surface area contributed by atoms with Crippen molar-refractivity contribution in [1.29, 1.82) is 0 Å². The average molecular weight is 296 g/mol. The average Bonchev–Trinajstić information content (AvgIpc) is 2.46. The monoisotopic (exact) mass is 296 g/mol. The number of nitrogens with zero attached hydrogens (tertiary/aromatic N) is 1. The highest BCUT2D eigenvalue weighted by atomic mass is 14.9. The van der Waals surface area contributed by atoms with E-state index in [9.17, 15) is 0 Å². The molecule has 2 heteroatoms. The molecule has 1 aromatic carbocycles. The van der Waals surface area contributed by atoms with Crippen LogP contribution < -0.4 is 5.32 Å². The van der Waals surface area contributed by atoms with Gasteiger partial charge in [-0.05, 0) is 48.9 Å². The number of anilines is 1. The molecule has 1 unspecified atom stereocenters. The minimum atomic E-state index is 0.192. The van der Waals surface area contributed by atoms with Crippen molar-refractivity contribution in [3.8, 4) is 0 Å². The molecule has 0 bridgehead atoms. The Morgan fingerprint density at radius 1 is 0.818 bits per heavy atom. The summed E-state index contributed by atoms with van der Waals surface area (Å²) in [6.07, 6.45) is 0. The largest absolute Gasteiger partial charge is 0.376 e. The summed E-state index contributed by atoms with van der Waals surface area (Å²) in [4.78, 5) is 4.66. The van der Waals surface area contributed by atoms with Crippen molar-refractivity contribution < 1.29 is 0 Å². The maximum atomic E-state index is 4.66. The predicted molar refractivity (Wildman–Crippen MR) is 95.6 cm³/mol. The highest BCUT2D eigenvalue weighted by Gasteiger charge is 2.16. The van der Waals surface area contributed by atoms with Gasteiger partial charge in [0.2, 0.25) is 0 Å². The van der Waals surface area contributed by atoms with Gasteiger partial charge in [0.05, 0.1) is 11.7 Å². The summed E-state index contributed by atoms with van der Waals surface area (Å²) in [5, 5.41) is 3.72. The first-order chi connectivity index (χ1) is 10.4. The van der Waals surface area contributed by atoms with E-state index in [1.165, 1.54) is 16.8 Å². The number of aryl methyl sites for hydroxylation is 1. The van der Waals surface area contributed by atoms with Gasteiger partial charge in [-0.15, -0.1) is 0 Å².